The second-order valence-electron chi connectivity index (χ2n) is 6.16. The summed E-state index contributed by atoms with van der Waals surface area (Å²) in [4.78, 5) is 3.95. The predicted octanol–water partition coefficient (Wildman–Crippen LogP) is 2.65. The molecule has 0 unspecified atom stereocenters. The van der Waals surface area contributed by atoms with Gasteiger partial charge in [-0.2, -0.15) is 0 Å². The molecule has 2 rings (SSSR count). The highest BCUT2D eigenvalue weighted by Gasteiger charge is 2.11. The average molecular weight is 318 g/mol. The smallest absolute Gasteiger partial charge is 0.317 e. The van der Waals surface area contributed by atoms with Crippen LogP contribution < -0.4 is 9.64 Å². The highest BCUT2D eigenvalue weighted by atomic mass is 16.5. The fraction of sp³-hybridized carbons (Fsp3) is 0.529. The number of aromatic nitrogens is 2. The van der Waals surface area contributed by atoms with Crippen LogP contribution in [-0.2, 0) is 6.54 Å². The summed E-state index contributed by atoms with van der Waals surface area (Å²) in [6, 6.07) is 6.81. The van der Waals surface area contributed by atoms with Crippen molar-refractivity contribution >= 4 is 6.01 Å². The number of nitrogens with zero attached hydrogens (tertiary/aromatic N) is 4. The van der Waals surface area contributed by atoms with Crippen molar-refractivity contribution in [1.29, 1.82) is 0 Å². The van der Waals surface area contributed by atoms with Crippen molar-refractivity contribution in [3.63, 3.8) is 0 Å². The third kappa shape index (κ3) is 5.56. The maximum absolute atomic E-state index is 5.81. The van der Waals surface area contributed by atoms with Gasteiger partial charge < -0.3 is 19.0 Å². The summed E-state index contributed by atoms with van der Waals surface area (Å²) in [7, 11) is 5.89. The summed E-state index contributed by atoms with van der Waals surface area (Å²) in [5.41, 5.74) is 2.44. The fourth-order valence-corrected chi connectivity index (χ4v) is 2.34. The van der Waals surface area contributed by atoms with E-state index in [-0.39, 0.29) is 0 Å². The number of hydrogen-bond donors (Lipinski definition) is 0. The van der Waals surface area contributed by atoms with Gasteiger partial charge in [0.05, 0.1) is 13.2 Å². The lowest BCUT2D eigenvalue weighted by Crippen LogP contribution is -2.20. The summed E-state index contributed by atoms with van der Waals surface area (Å²) in [5, 5.41) is 8.11. The van der Waals surface area contributed by atoms with E-state index in [9.17, 15) is 0 Å². The van der Waals surface area contributed by atoms with Crippen LogP contribution >= 0.6 is 0 Å². The highest BCUT2D eigenvalue weighted by molar-refractivity contribution is 5.33. The Balaban J connectivity index is 1.76. The lowest BCUT2D eigenvalue weighted by Gasteiger charge is -2.14. The maximum Gasteiger partial charge on any atom is 0.317 e. The van der Waals surface area contributed by atoms with E-state index < -0.39 is 0 Å². The molecule has 2 aromatic rings. The molecule has 0 bridgehead atoms. The monoisotopic (exact) mass is 318 g/mol. The van der Waals surface area contributed by atoms with Crippen molar-refractivity contribution in [3.05, 3.63) is 35.2 Å². The Labute approximate surface area is 138 Å². The second kappa shape index (κ2) is 7.97. The Morgan fingerprint density at radius 2 is 1.74 bits per heavy atom. The second-order valence-corrected chi connectivity index (χ2v) is 6.16. The molecular formula is C17H26N4O2. The average Bonchev–Trinajstić information content (AvgIpc) is 2.90. The van der Waals surface area contributed by atoms with E-state index in [1.165, 1.54) is 11.1 Å². The molecule has 0 radical (unpaired) electrons. The van der Waals surface area contributed by atoms with Crippen LogP contribution in [0.1, 0.15) is 23.4 Å². The van der Waals surface area contributed by atoms with Crippen molar-refractivity contribution in [2.75, 3.05) is 39.2 Å². The van der Waals surface area contributed by atoms with E-state index in [2.05, 4.69) is 42.2 Å². The van der Waals surface area contributed by atoms with Crippen molar-refractivity contribution in [2.45, 2.75) is 26.8 Å². The van der Waals surface area contributed by atoms with Gasteiger partial charge in [-0.3, -0.25) is 0 Å². The van der Waals surface area contributed by atoms with E-state index in [0.717, 1.165) is 18.7 Å². The topological polar surface area (TPSA) is 54.6 Å². The Kier molecular flexibility index (Phi) is 5.98. The largest absolute Gasteiger partial charge is 0.494 e. The molecule has 1 aromatic heterocycles. The molecule has 126 valence electrons. The van der Waals surface area contributed by atoms with Gasteiger partial charge in [-0.15, -0.1) is 5.10 Å². The summed E-state index contributed by atoms with van der Waals surface area (Å²) in [6.45, 7) is 6.26. The first-order valence-corrected chi connectivity index (χ1v) is 7.83. The minimum absolute atomic E-state index is 0.549. The van der Waals surface area contributed by atoms with Crippen molar-refractivity contribution in [3.8, 4) is 5.75 Å². The van der Waals surface area contributed by atoms with Gasteiger partial charge in [0.2, 0.25) is 5.89 Å². The number of rotatable bonds is 8. The third-order valence-corrected chi connectivity index (χ3v) is 3.34. The van der Waals surface area contributed by atoms with Gasteiger partial charge in [0.15, 0.2) is 0 Å². The molecule has 0 saturated heterocycles. The van der Waals surface area contributed by atoms with E-state index >= 15 is 0 Å². The van der Waals surface area contributed by atoms with E-state index in [1.807, 2.05) is 30.9 Å². The summed E-state index contributed by atoms with van der Waals surface area (Å²) >= 11 is 0. The molecule has 0 fully saturated rings. The lowest BCUT2D eigenvalue weighted by atomic mass is 10.1. The number of anilines is 1. The zero-order chi connectivity index (χ0) is 16.8. The fourth-order valence-electron chi connectivity index (χ4n) is 2.34. The molecule has 0 N–H and O–H groups in total. The van der Waals surface area contributed by atoms with Gasteiger partial charge in [-0.1, -0.05) is 11.2 Å². The van der Waals surface area contributed by atoms with Crippen molar-refractivity contribution in [2.24, 2.45) is 0 Å². The number of hydrogen-bond acceptors (Lipinski definition) is 6. The molecule has 0 saturated carbocycles. The van der Waals surface area contributed by atoms with Gasteiger partial charge in [0, 0.05) is 13.6 Å². The molecule has 23 heavy (non-hydrogen) atoms. The Hall–Kier alpha value is -2.08. The Morgan fingerprint density at radius 1 is 1.04 bits per heavy atom. The summed E-state index contributed by atoms with van der Waals surface area (Å²) in [5.74, 6) is 1.56. The molecular weight excluding hydrogens is 292 g/mol. The zero-order valence-electron chi connectivity index (χ0n) is 14.7. The number of ether oxygens (including phenoxy) is 1. The Morgan fingerprint density at radius 3 is 2.39 bits per heavy atom. The van der Waals surface area contributed by atoms with Gasteiger partial charge in [-0.05, 0) is 57.6 Å². The van der Waals surface area contributed by atoms with Gasteiger partial charge in [-0.25, -0.2) is 0 Å². The van der Waals surface area contributed by atoms with Gasteiger partial charge in [0.25, 0.3) is 0 Å². The van der Waals surface area contributed by atoms with Crippen LogP contribution in [0, 0.1) is 13.8 Å². The highest BCUT2D eigenvalue weighted by Crippen LogP contribution is 2.16. The SMILES string of the molecule is Cc1cc(C)cc(OCCCN(C)c2nnc(CN(C)C)o2)c1. The lowest BCUT2D eigenvalue weighted by molar-refractivity contribution is 0.310. The van der Waals surface area contributed by atoms with Crippen molar-refractivity contribution < 1.29 is 9.15 Å². The molecule has 6 heteroatoms. The first kappa shape index (κ1) is 17.3. The molecule has 0 aliphatic rings. The van der Waals surface area contributed by atoms with Crippen molar-refractivity contribution in [1.82, 2.24) is 15.1 Å². The normalized spacial score (nSPS) is 11.0. The minimum atomic E-state index is 0.549. The molecule has 1 heterocycles. The first-order valence-electron chi connectivity index (χ1n) is 7.83. The number of benzene rings is 1. The zero-order valence-corrected chi connectivity index (χ0v) is 14.7. The molecule has 0 aliphatic carbocycles. The van der Waals surface area contributed by atoms with Gasteiger partial charge >= 0.3 is 6.01 Å². The Bertz CT molecular complexity index is 605. The standard InChI is InChI=1S/C17H26N4O2/c1-13-9-14(2)11-15(10-13)22-8-6-7-21(5)17-19-18-16(23-17)12-20(3)4/h9-11H,6-8,12H2,1-5H3. The molecule has 0 atom stereocenters. The minimum Gasteiger partial charge on any atom is -0.494 e. The van der Waals surface area contributed by atoms with E-state index in [0.29, 0.717) is 25.1 Å². The number of aryl methyl sites for hydroxylation is 2. The predicted molar refractivity (Wildman–Crippen MR) is 91.0 cm³/mol. The molecule has 6 nitrogen and oxygen atoms in total. The molecule has 0 aliphatic heterocycles. The summed E-state index contributed by atoms with van der Waals surface area (Å²) < 4.78 is 11.4. The van der Waals surface area contributed by atoms with Crippen LogP contribution in [0.15, 0.2) is 22.6 Å². The molecule has 0 spiro atoms. The van der Waals surface area contributed by atoms with Crippen LogP contribution in [0.5, 0.6) is 5.75 Å². The first-order chi connectivity index (χ1) is 10.9. The van der Waals surface area contributed by atoms with Crippen LogP contribution in [0.4, 0.5) is 6.01 Å². The molecule has 1 aromatic carbocycles. The van der Waals surface area contributed by atoms with E-state index in [4.69, 9.17) is 9.15 Å². The quantitative estimate of drug-likeness (QED) is 0.698. The van der Waals surface area contributed by atoms with Crippen LogP contribution in [0.2, 0.25) is 0 Å². The van der Waals surface area contributed by atoms with Crippen LogP contribution in [0.3, 0.4) is 0 Å². The maximum atomic E-state index is 5.81. The van der Waals surface area contributed by atoms with Crippen LogP contribution in [-0.4, -0.2) is 49.4 Å². The van der Waals surface area contributed by atoms with Gasteiger partial charge in [0.1, 0.15) is 5.75 Å². The van der Waals surface area contributed by atoms with Crippen LogP contribution in [0.25, 0.3) is 0 Å². The molecule has 0 amide bonds. The van der Waals surface area contributed by atoms with E-state index in [1.54, 1.807) is 0 Å². The third-order valence-electron chi connectivity index (χ3n) is 3.34. The summed E-state index contributed by atoms with van der Waals surface area (Å²) in [6.07, 6.45) is 0.884.